The minimum absolute atomic E-state index is 0.116. The molecule has 0 aromatic rings. The van der Waals surface area contributed by atoms with Crippen LogP contribution in [0.2, 0.25) is 0 Å². The molecule has 4 heteroatoms. The number of carbonyl (C=O) groups is 2. The van der Waals surface area contributed by atoms with Gasteiger partial charge in [0.1, 0.15) is 0 Å². The normalized spacial score (nSPS) is 12.3. The summed E-state index contributed by atoms with van der Waals surface area (Å²) in [5, 5.41) is 8.98. The number of allylic oxidation sites excluding steroid dienone is 2. The van der Waals surface area contributed by atoms with E-state index in [0.29, 0.717) is 13.0 Å². The van der Waals surface area contributed by atoms with Crippen LogP contribution in [0.4, 0.5) is 0 Å². The van der Waals surface area contributed by atoms with Crippen LogP contribution in [0.1, 0.15) is 123 Å². The molecule has 1 atom stereocenters. The van der Waals surface area contributed by atoms with Crippen molar-refractivity contribution >= 4 is 11.9 Å². The fourth-order valence-electron chi connectivity index (χ4n) is 3.47. The van der Waals surface area contributed by atoms with Gasteiger partial charge in [-0.15, -0.1) is 0 Å². The van der Waals surface area contributed by atoms with Gasteiger partial charge in [0, 0.05) is 0 Å². The van der Waals surface area contributed by atoms with Crippen LogP contribution in [-0.2, 0) is 14.3 Å². The molecule has 1 N–H and O–H groups in total. The molecule has 170 valence electrons. The van der Waals surface area contributed by atoms with Gasteiger partial charge in [0.25, 0.3) is 0 Å². The zero-order valence-electron chi connectivity index (χ0n) is 19.1. The molecule has 0 saturated carbocycles. The highest BCUT2D eigenvalue weighted by molar-refractivity contribution is 5.79. The minimum atomic E-state index is -0.922. The maximum atomic E-state index is 11.9. The Bertz CT molecular complexity index is 417. The lowest BCUT2D eigenvalue weighted by Gasteiger charge is -2.13. The molecule has 0 radical (unpaired) electrons. The lowest BCUT2D eigenvalue weighted by atomic mass is 9.97. The zero-order chi connectivity index (χ0) is 21.6. The van der Waals surface area contributed by atoms with Crippen LogP contribution in [0.5, 0.6) is 0 Å². The molecule has 0 amide bonds. The van der Waals surface area contributed by atoms with E-state index in [2.05, 4.69) is 19.1 Å². The summed E-state index contributed by atoms with van der Waals surface area (Å²) < 4.78 is 5.13. The van der Waals surface area contributed by atoms with Crippen molar-refractivity contribution in [3.63, 3.8) is 0 Å². The molecular formula is C25H46O4. The Morgan fingerprint density at radius 1 is 0.759 bits per heavy atom. The predicted molar refractivity (Wildman–Crippen MR) is 121 cm³/mol. The number of hydrogen-bond donors (Lipinski definition) is 1. The van der Waals surface area contributed by atoms with Gasteiger partial charge < -0.3 is 9.84 Å². The van der Waals surface area contributed by atoms with Gasteiger partial charge in [0.15, 0.2) is 0 Å². The highest BCUT2D eigenvalue weighted by Crippen LogP contribution is 2.18. The first kappa shape index (κ1) is 27.7. The van der Waals surface area contributed by atoms with Crippen LogP contribution in [0.25, 0.3) is 0 Å². The van der Waals surface area contributed by atoms with Gasteiger partial charge in [-0.25, -0.2) is 0 Å². The zero-order valence-corrected chi connectivity index (χ0v) is 19.1. The second-order valence-electron chi connectivity index (χ2n) is 8.19. The van der Waals surface area contributed by atoms with Gasteiger partial charge in [0.2, 0.25) is 0 Å². The molecule has 0 bridgehead atoms. The second-order valence-corrected chi connectivity index (χ2v) is 8.19. The monoisotopic (exact) mass is 410 g/mol. The largest absolute Gasteiger partial charge is 0.481 e. The van der Waals surface area contributed by atoms with E-state index in [9.17, 15) is 9.59 Å². The quantitative estimate of drug-likeness (QED) is 0.121. The van der Waals surface area contributed by atoms with Gasteiger partial charge in [-0.1, -0.05) is 90.2 Å². The van der Waals surface area contributed by atoms with Crippen molar-refractivity contribution in [2.45, 2.75) is 123 Å². The van der Waals surface area contributed by atoms with E-state index < -0.39 is 11.9 Å². The number of esters is 1. The Hall–Kier alpha value is -1.32. The summed E-state index contributed by atoms with van der Waals surface area (Å²) in [4.78, 5) is 22.9. The van der Waals surface area contributed by atoms with Gasteiger partial charge >= 0.3 is 11.9 Å². The molecule has 0 aliphatic heterocycles. The number of unbranched alkanes of at least 4 members (excludes halogenated alkanes) is 12. The van der Waals surface area contributed by atoms with Gasteiger partial charge in [0.05, 0.1) is 18.9 Å². The smallest absolute Gasteiger partial charge is 0.309 e. The van der Waals surface area contributed by atoms with Crippen molar-refractivity contribution in [3.05, 3.63) is 12.2 Å². The summed E-state index contributed by atoms with van der Waals surface area (Å²) >= 11 is 0. The van der Waals surface area contributed by atoms with Crippen molar-refractivity contribution < 1.29 is 19.4 Å². The first-order valence-corrected chi connectivity index (χ1v) is 12.1. The van der Waals surface area contributed by atoms with E-state index in [1.807, 2.05) is 6.92 Å². The first-order chi connectivity index (χ1) is 14.1. The van der Waals surface area contributed by atoms with E-state index in [-0.39, 0.29) is 12.4 Å². The predicted octanol–water partition coefficient (Wildman–Crippen LogP) is 7.46. The topological polar surface area (TPSA) is 63.6 Å². The maximum Gasteiger partial charge on any atom is 0.309 e. The molecular weight excluding hydrogens is 364 g/mol. The number of ether oxygens (including phenoxy) is 1. The molecule has 0 aromatic carbocycles. The number of carboxylic acids is 1. The fraction of sp³-hybridized carbons (Fsp3) is 0.840. The molecule has 0 aromatic heterocycles. The van der Waals surface area contributed by atoms with E-state index in [4.69, 9.17) is 9.84 Å². The first-order valence-electron chi connectivity index (χ1n) is 12.1. The van der Waals surface area contributed by atoms with Crippen molar-refractivity contribution in [2.24, 2.45) is 5.92 Å². The van der Waals surface area contributed by atoms with Crippen LogP contribution in [-0.4, -0.2) is 23.7 Å². The Kier molecular flexibility index (Phi) is 20.4. The lowest BCUT2D eigenvalue weighted by Crippen LogP contribution is -2.21. The summed E-state index contributed by atoms with van der Waals surface area (Å²) in [5.41, 5.74) is 0. The summed E-state index contributed by atoms with van der Waals surface area (Å²) in [6.45, 7) is 4.57. The molecule has 0 saturated heterocycles. The van der Waals surface area contributed by atoms with E-state index in [1.54, 1.807) is 0 Å². The molecule has 0 aliphatic rings. The maximum absolute atomic E-state index is 11.9. The number of aliphatic carboxylic acids is 1. The molecule has 1 unspecified atom stereocenters. The average Bonchev–Trinajstić information content (AvgIpc) is 2.70. The molecule has 0 fully saturated rings. The standard InChI is InChI=1S/C25H46O4/c1-3-5-6-7-8-9-10-11-12-13-14-15-16-17-18-19-20-23(22-24(26)27)25(28)29-21-4-2/h10-11,23H,3-9,12-22H2,1-2H3,(H,26,27)/b11-10+. The Labute approximate surface area is 179 Å². The minimum Gasteiger partial charge on any atom is -0.481 e. The fourth-order valence-corrected chi connectivity index (χ4v) is 3.47. The van der Waals surface area contributed by atoms with Crippen LogP contribution < -0.4 is 0 Å². The van der Waals surface area contributed by atoms with Crippen molar-refractivity contribution in [2.75, 3.05) is 6.61 Å². The highest BCUT2D eigenvalue weighted by Gasteiger charge is 2.22. The van der Waals surface area contributed by atoms with Crippen LogP contribution in [0.15, 0.2) is 12.2 Å². The van der Waals surface area contributed by atoms with Crippen LogP contribution >= 0.6 is 0 Å². The Morgan fingerprint density at radius 3 is 1.79 bits per heavy atom. The van der Waals surface area contributed by atoms with Crippen molar-refractivity contribution in [1.29, 1.82) is 0 Å². The van der Waals surface area contributed by atoms with Gasteiger partial charge in [-0.05, 0) is 38.5 Å². The lowest BCUT2D eigenvalue weighted by molar-refractivity contribution is -0.153. The Morgan fingerprint density at radius 2 is 1.28 bits per heavy atom. The summed E-state index contributed by atoms with van der Waals surface area (Å²) in [7, 11) is 0. The molecule has 0 rings (SSSR count). The third-order valence-corrected chi connectivity index (χ3v) is 5.27. The van der Waals surface area contributed by atoms with Crippen molar-refractivity contribution in [3.8, 4) is 0 Å². The van der Waals surface area contributed by atoms with E-state index in [0.717, 1.165) is 25.7 Å². The SMILES string of the molecule is CCCCCCC/C=C/CCCCCCCCCC(CC(=O)O)C(=O)OCCC. The number of carbonyl (C=O) groups excluding carboxylic acids is 1. The Balaban J connectivity index is 3.56. The molecule has 0 aliphatic carbocycles. The molecule has 4 nitrogen and oxygen atoms in total. The third-order valence-electron chi connectivity index (χ3n) is 5.27. The van der Waals surface area contributed by atoms with E-state index >= 15 is 0 Å². The highest BCUT2D eigenvalue weighted by atomic mass is 16.5. The molecule has 29 heavy (non-hydrogen) atoms. The number of rotatable bonds is 21. The second kappa shape index (κ2) is 21.4. The van der Waals surface area contributed by atoms with Gasteiger partial charge in [-0.3, -0.25) is 9.59 Å². The number of carboxylic acid groups (broad SMARTS) is 1. The van der Waals surface area contributed by atoms with Crippen LogP contribution in [0, 0.1) is 5.92 Å². The summed E-state index contributed by atoms with van der Waals surface area (Å²) in [6, 6.07) is 0. The van der Waals surface area contributed by atoms with Gasteiger partial charge in [-0.2, -0.15) is 0 Å². The number of hydrogen-bond acceptors (Lipinski definition) is 3. The average molecular weight is 411 g/mol. The van der Waals surface area contributed by atoms with Crippen LogP contribution in [0.3, 0.4) is 0 Å². The summed E-state index contributed by atoms with van der Waals surface area (Å²) in [6.07, 6.45) is 23.4. The summed E-state index contributed by atoms with van der Waals surface area (Å²) in [5.74, 6) is -1.75. The van der Waals surface area contributed by atoms with Crippen molar-refractivity contribution in [1.82, 2.24) is 0 Å². The van der Waals surface area contributed by atoms with E-state index in [1.165, 1.54) is 70.6 Å². The third kappa shape index (κ3) is 19.8. The molecule has 0 spiro atoms. The molecule has 0 heterocycles.